The maximum Gasteiger partial charge on any atom is 0.408 e. The molecule has 4 atom stereocenters. The molecule has 2 aromatic rings. The highest BCUT2D eigenvalue weighted by molar-refractivity contribution is 5.98. The average Bonchev–Trinajstić information content (AvgIpc) is 3.78. The molecule has 296 valence electrons. The van der Waals surface area contributed by atoms with E-state index in [1.807, 2.05) is 30.3 Å². The number of methoxy groups -OCH3 is 1. The molecule has 2 aliphatic rings. The van der Waals surface area contributed by atoms with Crippen LogP contribution in [0.3, 0.4) is 0 Å². The van der Waals surface area contributed by atoms with E-state index in [0.717, 1.165) is 12.0 Å². The van der Waals surface area contributed by atoms with Gasteiger partial charge in [-0.2, -0.15) is 0 Å². The third-order valence-electron chi connectivity index (χ3n) is 9.98. The van der Waals surface area contributed by atoms with Crippen molar-refractivity contribution >= 4 is 35.7 Å². The van der Waals surface area contributed by atoms with Crippen LogP contribution < -0.4 is 21.3 Å². The first kappa shape index (κ1) is 41.8. The SMILES string of the molecule is COC(=O)[C@@H](Cc1ccccc1)NC(=O)[C@@H](NC(=O)C1(NC(=O)[C@H]2CCCN2C(=O)[C@H](Cc2cncn2C)NC(=O)OC(C)(C)C)CCCCC1)C(C)C. The Morgan fingerprint density at radius 2 is 1.61 bits per heavy atom. The van der Waals surface area contributed by atoms with Crippen molar-refractivity contribution in [3.63, 3.8) is 0 Å². The zero-order valence-corrected chi connectivity index (χ0v) is 32.6. The van der Waals surface area contributed by atoms with Crippen molar-refractivity contribution in [2.24, 2.45) is 13.0 Å². The van der Waals surface area contributed by atoms with Gasteiger partial charge in [-0.05, 0) is 57.9 Å². The molecule has 1 aliphatic carbocycles. The predicted octanol–water partition coefficient (Wildman–Crippen LogP) is 2.71. The minimum absolute atomic E-state index is 0.118. The van der Waals surface area contributed by atoms with Gasteiger partial charge < -0.3 is 40.2 Å². The van der Waals surface area contributed by atoms with E-state index in [4.69, 9.17) is 9.47 Å². The second-order valence-corrected chi connectivity index (χ2v) is 15.7. The number of hydrogen-bond donors (Lipinski definition) is 4. The number of nitrogens with one attached hydrogen (secondary N) is 4. The number of ether oxygens (including phenoxy) is 2. The Balaban J connectivity index is 1.51. The molecule has 15 heteroatoms. The number of amides is 5. The lowest BCUT2D eigenvalue weighted by Gasteiger charge is -2.39. The third-order valence-corrected chi connectivity index (χ3v) is 9.98. The molecule has 1 aromatic carbocycles. The van der Waals surface area contributed by atoms with Crippen LogP contribution in [0.1, 0.15) is 90.8 Å². The molecule has 5 amide bonds. The summed E-state index contributed by atoms with van der Waals surface area (Å²) in [6, 6.07) is 5.28. The van der Waals surface area contributed by atoms with Gasteiger partial charge >= 0.3 is 12.1 Å². The van der Waals surface area contributed by atoms with E-state index in [2.05, 4.69) is 26.3 Å². The monoisotopic (exact) mass is 751 g/mol. The molecule has 4 N–H and O–H groups in total. The minimum Gasteiger partial charge on any atom is -0.467 e. The van der Waals surface area contributed by atoms with E-state index in [1.165, 1.54) is 12.0 Å². The van der Waals surface area contributed by atoms with Crippen molar-refractivity contribution in [2.75, 3.05) is 13.7 Å². The molecule has 0 bridgehead atoms. The Hall–Kier alpha value is -4.95. The molecule has 2 heterocycles. The van der Waals surface area contributed by atoms with Crippen LogP contribution in [0.5, 0.6) is 0 Å². The summed E-state index contributed by atoms with van der Waals surface area (Å²) in [7, 11) is 3.04. The summed E-state index contributed by atoms with van der Waals surface area (Å²) in [4.78, 5) is 87.5. The highest BCUT2D eigenvalue weighted by atomic mass is 16.6. The van der Waals surface area contributed by atoms with E-state index >= 15 is 0 Å². The number of benzene rings is 1. The second-order valence-electron chi connectivity index (χ2n) is 15.7. The van der Waals surface area contributed by atoms with E-state index in [-0.39, 0.29) is 25.3 Å². The summed E-state index contributed by atoms with van der Waals surface area (Å²) >= 11 is 0. The third kappa shape index (κ3) is 11.0. The van der Waals surface area contributed by atoms with Crippen molar-refractivity contribution in [3.8, 4) is 0 Å². The van der Waals surface area contributed by atoms with Crippen molar-refractivity contribution in [2.45, 2.75) is 128 Å². The lowest BCUT2D eigenvalue weighted by Crippen LogP contribution is -2.66. The van der Waals surface area contributed by atoms with Crippen LogP contribution >= 0.6 is 0 Å². The number of esters is 1. The molecular weight excluding hydrogens is 694 g/mol. The molecular formula is C39H57N7O8. The van der Waals surface area contributed by atoms with Crippen LogP contribution in [0.2, 0.25) is 0 Å². The first-order valence-corrected chi connectivity index (χ1v) is 18.8. The first-order valence-electron chi connectivity index (χ1n) is 18.8. The van der Waals surface area contributed by atoms with Crippen molar-refractivity contribution < 1.29 is 38.2 Å². The zero-order chi connectivity index (χ0) is 39.6. The highest BCUT2D eigenvalue weighted by Crippen LogP contribution is 2.30. The fourth-order valence-electron chi connectivity index (χ4n) is 7.09. The van der Waals surface area contributed by atoms with Crippen LogP contribution in [-0.4, -0.2) is 99.1 Å². The molecule has 1 aromatic heterocycles. The van der Waals surface area contributed by atoms with E-state index in [0.29, 0.717) is 44.2 Å². The molecule has 4 rings (SSSR count). The average molecular weight is 752 g/mol. The zero-order valence-electron chi connectivity index (χ0n) is 32.6. The van der Waals surface area contributed by atoms with Gasteiger partial charge in [0.15, 0.2) is 0 Å². The van der Waals surface area contributed by atoms with Gasteiger partial charge in [0.1, 0.15) is 35.3 Å². The fourth-order valence-corrected chi connectivity index (χ4v) is 7.09. The molecule has 0 radical (unpaired) electrons. The molecule has 0 unspecified atom stereocenters. The molecule has 0 spiro atoms. The lowest BCUT2D eigenvalue weighted by atomic mass is 9.80. The smallest absolute Gasteiger partial charge is 0.408 e. The number of aromatic nitrogens is 2. The summed E-state index contributed by atoms with van der Waals surface area (Å²) in [5.41, 5.74) is -0.598. The van der Waals surface area contributed by atoms with E-state index in [1.54, 1.807) is 58.8 Å². The van der Waals surface area contributed by atoms with Gasteiger partial charge in [0, 0.05) is 38.3 Å². The Bertz CT molecular complexity index is 1630. The molecule has 1 aliphatic heterocycles. The standard InChI is InChI=1S/C39H57N7O8/c1-25(2)31(33(48)41-29(35(50)53-7)21-26-15-10-8-11-16-26)43-36(51)39(18-12-9-13-19-39)44-32(47)30-17-14-20-46(30)34(49)28(22-27-23-40-24-45(27)6)42-37(52)54-38(3,4)5/h8,10-11,15-16,23-25,28-31H,9,12-14,17-22H2,1-7H3,(H,41,48)(H,42,52)(H,43,51)(H,44,47)/t28-,29+,30+,31-/m0/s1. The van der Waals surface area contributed by atoms with Gasteiger partial charge in [0.2, 0.25) is 23.6 Å². The Morgan fingerprint density at radius 1 is 0.926 bits per heavy atom. The number of carbonyl (C=O) groups excluding carboxylic acids is 6. The number of rotatable bonds is 14. The number of nitrogens with zero attached hydrogens (tertiary/aromatic N) is 3. The summed E-state index contributed by atoms with van der Waals surface area (Å²) < 4.78 is 12.2. The van der Waals surface area contributed by atoms with Gasteiger partial charge in [-0.1, -0.05) is 63.4 Å². The molecule has 2 fully saturated rings. The summed E-state index contributed by atoms with van der Waals surface area (Å²) in [5, 5.41) is 11.4. The number of hydrogen-bond acceptors (Lipinski definition) is 9. The molecule has 1 saturated carbocycles. The number of alkyl carbamates (subject to hydrolysis) is 1. The van der Waals surface area contributed by atoms with Crippen LogP contribution in [0.15, 0.2) is 42.9 Å². The predicted molar refractivity (Wildman–Crippen MR) is 200 cm³/mol. The van der Waals surface area contributed by atoms with Gasteiger partial charge in [0.25, 0.3) is 0 Å². The summed E-state index contributed by atoms with van der Waals surface area (Å²) in [6.07, 6.45) is 6.60. The summed E-state index contributed by atoms with van der Waals surface area (Å²) in [5.74, 6) is -2.96. The van der Waals surface area contributed by atoms with Gasteiger partial charge in [-0.3, -0.25) is 19.2 Å². The van der Waals surface area contributed by atoms with Crippen LogP contribution in [0, 0.1) is 5.92 Å². The highest BCUT2D eigenvalue weighted by Gasteiger charge is 2.46. The van der Waals surface area contributed by atoms with Crippen molar-refractivity contribution in [3.05, 3.63) is 54.1 Å². The Morgan fingerprint density at radius 3 is 2.20 bits per heavy atom. The second kappa shape index (κ2) is 18.4. The van der Waals surface area contributed by atoms with Crippen molar-refractivity contribution in [1.82, 2.24) is 35.7 Å². The van der Waals surface area contributed by atoms with Gasteiger partial charge in [-0.15, -0.1) is 0 Å². The maximum atomic E-state index is 14.3. The minimum atomic E-state index is -1.32. The normalized spacial score (nSPS) is 18.5. The van der Waals surface area contributed by atoms with Gasteiger partial charge in [-0.25, -0.2) is 14.6 Å². The summed E-state index contributed by atoms with van der Waals surface area (Å²) in [6.45, 7) is 9.04. The Kier molecular flexibility index (Phi) is 14.2. The quantitative estimate of drug-likeness (QED) is 0.210. The number of likely N-dealkylation sites (tertiary alicyclic amines) is 1. The van der Waals surface area contributed by atoms with Crippen molar-refractivity contribution in [1.29, 1.82) is 0 Å². The largest absolute Gasteiger partial charge is 0.467 e. The topological polar surface area (TPSA) is 190 Å². The fraction of sp³-hybridized carbons (Fsp3) is 0.615. The number of imidazole rings is 1. The number of carbonyl (C=O) groups is 6. The van der Waals surface area contributed by atoms with E-state index < -0.39 is 71.0 Å². The van der Waals surface area contributed by atoms with E-state index in [9.17, 15) is 28.8 Å². The van der Waals surface area contributed by atoms with Crippen LogP contribution in [-0.2, 0) is 53.3 Å². The molecule has 15 nitrogen and oxygen atoms in total. The number of aryl methyl sites for hydroxylation is 1. The molecule has 1 saturated heterocycles. The van der Waals surface area contributed by atoms with Crippen LogP contribution in [0.25, 0.3) is 0 Å². The first-order chi connectivity index (χ1) is 25.5. The maximum absolute atomic E-state index is 14.3. The Labute approximate surface area is 317 Å². The lowest BCUT2D eigenvalue weighted by molar-refractivity contribution is -0.146. The van der Waals surface area contributed by atoms with Gasteiger partial charge in [0.05, 0.1) is 13.4 Å². The molecule has 54 heavy (non-hydrogen) atoms. The van der Waals surface area contributed by atoms with Crippen LogP contribution in [0.4, 0.5) is 4.79 Å².